The van der Waals surface area contributed by atoms with Gasteiger partial charge in [0.15, 0.2) is 0 Å². The second kappa shape index (κ2) is 9.11. The van der Waals surface area contributed by atoms with E-state index in [9.17, 15) is 4.79 Å². The molecule has 6 heteroatoms. The van der Waals surface area contributed by atoms with Crippen LogP contribution in [0.15, 0.2) is 47.5 Å². The third-order valence-electron chi connectivity index (χ3n) is 4.06. The molecule has 25 heavy (non-hydrogen) atoms. The largest absolute Gasteiger partial charge is 0.474 e. The van der Waals surface area contributed by atoms with E-state index in [4.69, 9.17) is 16.3 Å². The summed E-state index contributed by atoms with van der Waals surface area (Å²) in [6.45, 7) is 0.476. The Morgan fingerprint density at radius 1 is 1.24 bits per heavy atom. The van der Waals surface area contributed by atoms with Crippen molar-refractivity contribution in [2.24, 2.45) is 0 Å². The maximum Gasteiger partial charge on any atom is 0.230 e. The smallest absolute Gasteiger partial charge is 0.230 e. The zero-order chi connectivity index (χ0) is 17.5. The lowest BCUT2D eigenvalue weighted by molar-refractivity contribution is -0.118. The Balaban J connectivity index is 1.44. The molecule has 1 saturated carbocycles. The summed E-state index contributed by atoms with van der Waals surface area (Å²) in [5.41, 5.74) is 0.993. The number of nitrogens with zero attached hydrogens (tertiary/aromatic N) is 1. The van der Waals surface area contributed by atoms with Crippen LogP contribution < -0.4 is 10.1 Å². The summed E-state index contributed by atoms with van der Waals surface area (Å²) in [6.07, 6.45) is 6.67. The normalized spacial score (nSPS) is 14.4. The number of pyridine rings is 1. The summed E-state index contributed by atoms with van der Waals surface area (Å²) in [5, 5.41) is 3.63. The fraction of sp³-hybridized carbons (Fsp3) is 0.368. The first kappa shape index (κ1) is 18.1. The highest BCUT2D eigenvalue weighted by molar-refractivity contribution is 8.00. The molecule has 1 aliphatic carbocycles. The van der Waals surface area contributed by atoms with Crippen LogP contribution in [-0.4, -0.2) is 22.7 Å². The highest BCUT2D eigenvalue weighted by Crippen LogP contribution is 2.23. The van der Waals surface area contributed by atoms with Crippen molar-refractivity contribution < 1.29 is 9.53 Å². The van der Waals surface area contributed by atoms with Crippen LogP contribution in [0.1, 0.15) is 31.2 Å². The Bertz CT molecular complexity index is 703. The van der Waals surface area contributed by atoms with Crippen LogP contribution in [0.5, 0.6) is 5.88 Å². The number of carbonyl (C=O) groups excluding carboxylic acids is 1. The zero-order valence-corrected chi connectivity index (χ0v) is 15.5. The topological polar surface area (TPSA) is 51.2 Å². The Kier molecular flexibility index (Phi) is 6.59. The van der Waals surface area contributed by atoms with Crippen LogP contribution in [-0.2, 0) is 11.3 Å². The predicted octanol–water partition coefficient (Wildman–Crippen LogP) is 4.46. The summed E-state index contributed by atoms with van der Waals surface area (Å²) >= 11 is 7.34. The van der Waals surface area contributed by atoms with E-state index in [2.05, 4.69) is 10.3 Å². The van der Waals surface area contributed by atoms with Crippen LogP contribution in [0.4, 0.5) is 0 Å². The molecule has 0 aliphatic heterocycles. The van der Waals surface area contributed by atoms with Gasteiger partial charge in [-0.15, -0.1) is 11.8 Å². The number of hydrogen-bond donors (Lipinski definition) is 1. The molecule has 0 saturated heterocycles. The highest BCUT2D eigenvalue weighted by Gasteiger charge is 2.17. The molecule has 0 spiro atoms. The lowest BCUT2D eigenvalue weighted by Gasteiger charge is -2.13. The van der Waals surface area contributed by atoms with Gasteiger partial charge in [-0.05, 0) is 61.6 Å². The fourth-order valence-corrected chi connectivity index (χ4v) is 3.59. The van der Waals surface area contributed by atoms with E-state index in [0.29, 0.717) is 23.2 Å². The molecule has 0 bridgehead atoms. The zero-order valence-electron chi connectivity index (χ0n) is 13.9. The Morgan fingerprint density at radius 2 is 2.00 bits per heavy atom. The van der Waals surface area contributed by atoms with Gasteiger partial charge in [-0.2, -0.15) is 0 Å². The Morgan fingerprint density at radius 3 is 2.76 bits per heavy atom. The average Bonchev–Trinajstić information content (AvgIpc) is 3.13. The number of aromatic nitrogens is 1. The van der Waals surface area contributed by atoms with E-state index < -0.39 is 0 Å². The van der Waals surface area contributed by atoms with Gasteiger partial charge >= 0.3 is 0 Å². The van der Waals surface area contributed by atoms with Crippen molar-refractivity contribution in [3.8, 4) is 5.88 Å². The molecule has 4 nitrogen and oxygen atoms in total. The average molecular weight is 377 g/mol. The summed E-state index contributed by atoms with van der Waals surface area (Å²) in [7, 11) is 0. The summed E-state index contributed by atoms with van der Waals surface area (Å²) in [5.74, 6) is 1.02. The maximum atomic E-state index is 12.0. The lowest BCUT2D eigenvalue weighted by Crippen LogP contribution is -2.24. The van der Waals surface area contributed by atoms with Gasteiger partial charge in [0.1, 0.15) is 6.10 Å². The number of hydrogen-bond acceptors (Lipinski definition) is 4. The number of halogens is 1. The molecule has 0 atom stereocenters. The minimum atomic E-state index is -0.00461. The molecule has 3 rings (SSSR count). The molecule has 0 unspecified atom stereocenters. The molecular weight excluding hydrogens is 356 g/mol. The van der Waals surface area contributed by atoms with Gasteiger partial charge in [0.05, 0.1) is 5.75 Å². The number of rotatable bonds is 7. The van der Waals surface area contributed by atoms with Crippen molar-refractivity contribution in [2.45, 2.75) is 43.2 Å². The number of benzene rings is 1. The van der Waals surface area contributed by atoms with Gasteiger partial charge in [-0.3, -0.25) is 4.79 Å². The van der Waals surface area contributed by atoms with Crippen LogP contribution in [0.2, 0.25) is 5.02 Å². The molecule has 1 heterocycles. The molecule has 1 aromatic carbocycles. The molecule has 1 amide bonds. The fourth-order valence-electron chi connectivity index (χ4n) is 2.73. The summed E-state index contributed by atoms with van der Waals surface area (Å²) in [6, 6.07) is 11.3. The second-order valence-electron chi connectivity index (χ2n) is 6.05. The van der Waals surface area contributed by atoms with Crippen LogP contribution in [0.3, 0.4) is 0 Å². The minimum absolute atomic E-state index is 0.00461. The van der Waals surface area contributed by atoms with Gasteiger partial charge in [-0.1, -0.05) is 11.6 Å². The van der Waals surface area contributed by atoms with Crippen LogP contribution in [0.25, 0.3) is 0 Å². The van der Waals surface area contributed by atoms with E-state index in [1.54, 1.807) is 6.20 Å². The van der Waals surface area contributed by atoms with E-state index in [1.807, 2.05) is 36.4 Å². The van der Waals surface area contributed by atoms with Gasteiger partial charge in [0.2, 0.25) is 11.8 Å². The first-order chi connectivity index (χ1) is 12.2. The highest BCUT2D eigenvalue weighted by atomic mass is 35.5. The van der Waals surface area contributed by atoms with Crippen molar-refractivity contribution in [3.63, 3.8) is 0 Å². The molecule has 132 valence electrons. The summed E-state index contributed by atoms with van der Waals surface area (Å²) < 4.78 is 5.90. The van der Waals surface area contributed by atoms with Gasteiger partial charge in [0, 0.05) is 28.7 Å². The Hall–Kier alpha value is -1.72. The molecular formula is C19H21ClN2O2S. The number of carbonyl (C=O) groups is 1. The molecule has 2 aromatic rings. The number of thioether (sulfide) groups is 1. The van der Waals surface area contributed by atoms with E-state index in [-0.39, 0.29) is 12.0 Å². The van der Waals surface area contributed by atoms with Crippen LogP contribution >= 0.6 is 23.4 Å². The first-order valence-corrected chi connectivity index (χ1v) is 9.82. The minimum Gasteiger partial charge on any atom is -0.474 e. The number of nitrogens with one attached hydrogen (secondary N) is 1. The quantitative estimate of drug-likeness (QED) is 0.724. The maximum absolute atomic E-state index is 12.0. The SMILES string of the molecule is O=C(CSc1ccc(Cl)cc1)NCc1ccnc(OC2CCCC2)c1. The number of ether oxygens (including phenoxy) is 1. The van der Waals surface area contributed by atoms with Crippen molar-refractivity contribution in [2.75, 3.05) is 5.75 Å². The van der Waals surface area contributed by atoms with Gasteiger partial charge in [-0.25, -0.2) is 4.98 Å². The van der Waals surface area contributed by atoms with Crippen molar-refractivity contribution in [1.29, 1.82) is 0 Å². The third-order valence-corrected chi connectivity index (χ3v) is 5.33. The summed E-state index contributed by atoms with van der Waals surface area (Å²) in [4.78, 5) is 17.3. The second-order valence-corrected chi connectivity index (χ2v) is 7.53. The van der Waals surface area contributed by atoms with Gasteiger partial charge < -0.3 is 10.1 Å². The standard InChI is InChI=1S/C19H21ClN2O2S/c20-15-5-7-17(8-6-15)25-13-18(23)22-12-14-9-10-21-19(11-14)24-16-3-1-2-4-16/h5-11,16H,1-4,12-13H2,(H,22,23). The number of amides is 1. The molecule has 1 aromatic heterocycles. The van der Waals surface area contributed by atoms with Crippen molar-refractivity contribution in [1.82, 2.24) is 10.3 Å². The molecule has 1 aliphatic rings. The first-order valence-electron chi connectivity index (χ1n) is 8.46. The van der Waals surface area contributed by atoms with E-state index >= 15 is 0 Å². The van der Waals surface area contributed by atoms with Crippen molar-refractivity contribution in [3.05, 3.63) is 53.2 Å². The monoisotopic (exact) mass is 376 g/mol. The molecule has 0 radical (unpaired) electrons. The lowest BCUT2D eigenvalue weighted by atomic mass is 10.2. The van der Waals surface area contributed by atoms with Crippen LogP contribution in [0, 0.1) is 0 Å². The predicted molar refractivity (Wildman–Crippen MR) is 101 cm³/mol. The van der Waals surface area contributed by atoms with Gasteiger partial charge in [0.25, 0.3) is 0 Å². The van der Waals surface area contributed by atoms with E-state index in [1.165, 1.54) is 24.6 Å². The Labute approximate surface area is 157 Å². The van der Waals surface area contributed by atoms with Crippen molar-refractivity contribution >= 4 is 29.3 Å². The third kappa shape index (κ3) is 5.94. The molecule has 1 fully saturated rings. The molecule has 1 N–H and O–H groups in total. The van der Waals surface area contributed by atoms with E-state index in [0.717, 1.165) is 23.3 Å².